The molecule has 0 bridgehead atoms. The first-order chi connectivity index (χ1) is 8.69. The van der Waals surface area contributed by atoms with Crippen LogP contribution in [0.3, 0.4) is 0 Å². The van der Waals surface area contributed by atoms with Crippen molar-refractivity contribution in [2.24, 2.45) is 0 Å². The second kappa shape index (κ2) is 4.87. The van der Waals surface area contributed by atoms with Gasteiger partial charge in [0.05, 0.1) is 25.6 Å². The standard InChI is InChI=1S/C14H16N2O2/c1-17-11-7-3-5-9(13(11)15)10-6-4-8-12(18-2)14(10)16/h3-8H,15-16H2,1-2H3. The lowest BCUT2D eigenvalue weighted by Crippen LogP contribution is -1.99. The molecule has 4 heteroatoms. The van der Waals surface area contributed by atoms with Crippen LogP contribution in [0.4, 0.5) is 11.4 Å². The molecule has 0 saturated carbocycles. The number of nitrogens with two attached hydrogens (primary N) is 2. The van der Waals surface area contributed by atoms with E-state index in [0.29, 0.717) is 22.9 Å². The Morgan fingerprint density at radius 3 is 1.44 bits per heavy atom. The lowest BCUT2D eigenvalue weighted by Gasteiger charge is -2.13. The number of methoxy groups -OCH3 is 2. The molecule has 2 aromatic rings. The third kappa shape index (κ3) is 1.93. The van der Waals surface area contributed by atoms with Gasteiger partial charge in [-0.2, -0.15) is 0 Å². The van der Waals surface area contributed by atoms with Crippen LogP contribution in [0, 0.1) is 0 Å². The first-order valence-corrected chi connectivity index (χ1v) is 5.54. The molecule has 2 rings (SSSR count). The van der Waals surface area contributed by atoms with E-state index >= 15 is 0 Å². The summed E-state index contributed by atoms with van der Waals surface area (Å²) in [4.78, 5) is 0. The second-order valence-corrected chi connectivity index (χ2v) is 3.84. The van der Waals surface area contributed by atoms with Gasteiger partial charge in [-0.05, 0) is 12.1 Å². The van der Waals surface area contributed by atoms with Crippen molar-refractivity contribution in [1.82, 2.24) is 0 Å². The highest BCUT2D eigenvalue weighted by Crippen LogP contribution is 2.39. The molecule has 94 valence electrons. The largest absolute Gasteiger partial charge is 0.495 e. The number of benzene rings is 2. The van der Waals surface area contributed by atoms with E-state index in [2.05, 4.69) is 0 Å². The van der Waals surface area contributed by atoms with E-state index in [1.165, 1.54) is 0 Å². The SMILES string of the molecule is COc1cccc(-c2cccc(OC)c2N)c1N. The Hall–Kier alpha value is -2.36. The molecule has 18 heavy (non-hydrogen) atoms. The molecule has 0 fully saturated rings. The number of para-hydroxylation sites is 2. The van der Waals surface area contributed by atoms with Gasteiger partial charge in [-0.3, -0.25) is 0 Å². The van der Waals surface area contributed by atoms with E-state index in [4.69, 9.17) is 20.9 Å². The Morgan fingerprint density at radius 2 is 1.11 bits per heavy atom. The summed E-state index contributed by atoms with van der Waals surface area (Å²) in [5, 5.41) is 0. The molecule has 0 aliphatic heterocycles. The van der Waals surface area contributed by atoms with E-state index < -0.39 is 0 Å². The third-order valence-electron chi connectivity index (χ3n) is 2.86. The quantitative estimate of drug-likeness (QED) is 0.814. The number of rotatable bonds is 3. The topological polar surface area (TPSA) is 70.5 Å². The van der Waals surface area contributed by atoms with E-state index in [-0.39, 0.29) is 0 Å². The molecular weight excluding hydrogens is 228 g/mol. The normalized spacial score (nSPS) is 10.1. The van der Waals surface area contributed by atoms with Gasteiger partial charge in [0.15, 0.2) is 0 Å². The summed E-state index contributed by atoms with van der Waals surface area (Å²) in [5.74, 6) is 1.27. The molecule has 0 heterocycles. The number of anilines is 2. The third-order valence-corrected chi connectivity index (χ3v) is 2.86. The van der Waals surface area contributed by atoms with Gasteiger partial charge in [-0.25, -0.2) is 0 Å². The molecule has 0 atom stereocenters. The smallest absolute Gasteiger partial charge is 0.142 e. The van der Waals surface area contributed by atoms with E-state index in [0.717, 1.165) is 11.1 Å². The predicted molar refractivity (Wildman–Crippen MR) is 73.8 cm³/mol. The molecule has 0 aliphatic carbocycles. The molecule has 0 radical (unpaired) electrons. The number of hydrogen-bond donors (Lipinski definition) is 2. The Bertz CT molecular complexity index is 516. The van der Waals surface area contributed by atoms with Crippen LogP contribution in [-0.2, 0) is 0 Å². The Kier molecular flexibility index (Phi) is 3.28. The molecule has 0 aromatic heterocycles. The van der Waals surface area contributed by atoms with Crippen LogP contribution < -0.4 is 20.9 Å². The summed E-state index contributed by atoms with van der Waals surface area (Å²) in [6.07, 6.45) is 0. The van der Waals surface area contributed by atoms with Gasteiger partial charge in [0, 0.05) is 11.1 Å². The highest BCUT2D eigenvalue weighted by atomic mass is 16.5. The van der Waals surface area contributed by atoms with Gasteiger partial charge >= 0.3 is 0 Å². The van der Waals surface area contributed by atoms with Gasteiger partial charge in [-0.15, -0.1) is 0 Å². The van der Waals surface area contributed by atoms with Crippen LogP contribution in [0.1, 0.15) is 0 Å². The number of ether oxygens (including phenoxy) is 2. The van der Waals surface area contributed by atoms with Crippen molar-refractivity contribution < 1.29 is 9.47 Å². The summed E-state index contributed by atoms with van der Waals surface area (Å²) in [6.45, 7) is 0. The average molecular weight is 244 g/mol. The van der Waals surface area contributed by atoms with Crippen LogP contribution in [0.2, 0.25) is 0 Å². The molecule has 0 saturated heterocycles. The fourth-order valence-corrected chi connectivity index (χ4v) is 1.91. The molecule has 0 amide bonds. The first-order valence-electron chi connectivity index (χ1n) is 5.54. The van der Waals surface area contributed by atoms with Gasteiger partial charge in [0.25, 0.3) is 0 Å². The lowest BCUT2D eigenvalue weighted by atomic mass is 10.0. The molecular formula is C14H16N2O2. The van der Waals surface area contributed by atoms with Gasteiger partial charge < -0.3 is 20.9 Å². The molecule has 0 aliphatic rings. The maximum absolute atomic E-state index is 6.06. The zero-order valence-corrected chi connectivity index (χ0v) is 10.4. The Labute approximate surface area is 106 Å². The second-order valence-electron chi connectivity index (χ2n) is 3.84. The first kappa shape index (κ1) is 12.1. The monoisotopic (exact) mass is 244 g/mol. The van der Waals surface area contributed by atoms with Crippen LogP contribution in [0.5, 0.6) is 11.5 Å². The summed E-state index contributed by atoms with van der Waals surface area (Å²) in [7, 11) is 3.18. The van der Waals surface area contributed by atoms with E-state index in [9.17, 15) is 0 Å². The maximum Gasteiger partial charge on any atom is 0.142 e. The molecule has 4 nitrogen and oxygen atoms in total. The maximum atomic E-state index is 6.06. The van der Waals surface area contributed by atoms with E-state index in [1.54, 1.807) is 14.2 Å². The predicted octanol–water partition coefficient (Wildman–Crippen LogP) is 2.54. The Balaban J connectivity index is 2.62. The van der Waals surface area contributed by atoms with Gasteiger partial charge in [-0.1, -0.05) is 24.3 Å². The van der Waals surface area contributed by atoms with Crippen LogP contribution in [0.15, 0.2) is 36.4 Å². The molecule has 4 N–H and O–H groups in total. The van der Waals surface area contributed by atoms with Crippen molar-refractivity contribution in [3.8, 4) is 22.6 Å². The minimum absolute atomic E-state index is 0.569. The molecule has 0 unspecified atom stereocenters. The van der Waals surface area contributed by atoms with Crippen LogP contribution in [0.25, 0.3) is 11.1 Å². The number of nitrogen functional groups attached to an aromatic ring is 2. The van der Waals surface area contributed by atoms with Crippen molar-refractivity contribution >= 4 is 11.4 Å². The summed E-state index contributed by atoms with van der Waals surface area (Å²) < 4.78 is 10.4. The summed E-state index contributed by atoms with van der Waals surface area (Å²) in [5.41, 5.74) is 14.9. The summed E-state index contributed by atoms with van der Waals surface area (Å²) >= 11 is 0. The fraction of sp³-hybridized carbons (Fsp3) is 0.143. The lowest BCUT2D eigenvalue weighted by molar-refractivity contribution is 0.416. The van der Waals surface area contributed by atoms with Crippen molar-refractivity contribution in [3.05, 3.63) is 36.4 Å². The highest BCUT2D eigenvalue weighted by molar-refractivity contribution is 5.88. The van der Waals surface area contributed by atoms with Gasteiger partial charge in [0.1, 0.15) is 11.5 Å². The Morgan fingerprint density at radius 1 is 0.722 bits per heavy atom. The number of hydrogen-bond acceptors (Lipinski definition) is 4. The van der Waals surface area contributed by atoms with Crippen LogP contribution >= 0.6 is 0 Å². The van der Waals surface area contributed by atoms with Crippen molar-refractivity contribution in [3.63, 3.8) is 0 Å². The molecule has 0 spiro atoms. The fourth-order valence-electron chi connectivity index (χ4n) is 1.91. The summed E-state index contributed by atoms with van der Waals surface area (Å²) in [6, 6.07) is 11.2. The zero-order valence-electron chi connectivity index (χ0n) is 10.4. The highest BCUT2D eigenvalue weighted by Gasteiger charge is 2.12. The molecule has 2 aromatic carbocycles. The van der Waals surface area contributed by atoms with Gasteiger partial charge in [0.2, 0.25) is 0 Å². The van der Waals surface area contributed by atoms with Crippen molar-refractivity contribution in [2.45, 2.75) is 0 Å². The average Bonchev–Trinajstić information content (AvgIpc) is 2.40. The minimum Gasteiger partial charge on any atom is -0.495 e. The minimum atomic E-state index is 0.569. The van der Waals surface area contributed by atoms with Crippen molar-refractivity contribution in [2.75, 3.05) is 25.7 Å². The van der Waals surface area contributed by atoms with Crippen molar-refractivity contribution in [1.29, 1.82) is 0 Å². The van der Waals surface area contributed by atoms with E-state index in [1.807, 2.05) is 36.4 Å². The van der Waals surface area contributed by atoms with Crippen LogP contribution in [-0.4, -0.2) is 14.2 Å². The zero-order chi connectivity index (χ0) is 13.1.